The molecule has 15 heavy (non-hydrogen) atoms. The van der Waals surface area contributed by atoms with Gasteiger partial charge in [-0.25, -0.2) is 0 Å². The number of nitrogens with two attached hydrogens (primary N) is 1. The van der Waals surface area contributed by atoms with E-state index in [2.05, 4.69) is 23.6 Å². The van der Waals surface area contributed by atoms with Crippen LogP contribution >= 0.6 is 0 Å². The predicted molar refractivity (Wildman–Crippen MR) is 66.1 cm³/mol. The van der Waals surface area contributed by atoms with E-state index in [0.717, 1.165) is 13.1 Å². The Morgan fingerprint density at radius 3 is 2.40 bits per heavy atom. The van der Waals surface area contributed by atoms with Crippen LogP contribution in [0.2, 0.25) is 0 Å². The molecule has 0 spiro atoms. The van der Waals surface area contributed by atoms with Crippen LogP contribution in [-0.2, 0) is 0 Å². The molecular formula is C12H27N3. The molecule has 1 aliphatic heterocycles. The third-order valence-corrected chi connectivity index (χ3v) is 3.26. The molecule has 0 saturated carbocycles. The number of hydrogen-bond acceptors (Lipinski definition) is 3. The average Bonchev–Trinajstić information content (AvgIpc) is 2.69. The summed E-state index contributed by atoms with van der Waals surface area (Å²) < 4.78 is 0. The Hall–Kier alpha value is -0.120. The van der Waals surface area contributed by atoms with Gasteiger partial charge in [0, 0.05) is 19.1 Å². The zero-order valence-electron chi connectivity index (χ0n) is 10.4. The first-order valence-electron chi connectivity index (χ1n) is 6.40. The van der Waals surface area contributed by atoms with Crippen LogP contribution in [0, 0.1) is 0 Å². The van der Waals surface area contributed by atoms with Crippen LogP contribution < -0.4 is 5.73 Å². The summed E-state index contributed by atoms with van der Waals surface area (Å²) in [6.45, 7) is 11.4. The molecular weight excluding hydrogens is 186 g/mol. The van der Waals surface area contributed by atoms with Gasteiger partial charge in [0.05, 0.1) is 0 Å². The first-order valence-corrected chi connectivity index (χ1v) is 6.40. The van der Waals surface area contributed by atoms with E-state index in [0.29, 0.717) is 6.04 Å². The minimum absolute atomic E-state index is 0.632. The second-order valence-electron chi connectivity index (χ2n) is 4.82. The van der Waals surface area contributed by atoms with Crippen molar-refractivity contribution in [3.8, 4) is 0 Å². The molecule has 1 heterocycles. The number of nitrogens with zero attached hydrogens (tertiary/aromatic N) is 2. The Balaban J connectivity index is 2.09. The number of hydrogen-bond donors (Lipinski definition) is 1. The Bertz CT molecular complexity index is 153. The molecule has 0 unspecified atom stereocenters. The molecule has 0 aromatic rings. The summed E-state index contributed by atoms with van der Waals surface area (Å²) in [4.78, 5) is 5.07. The predicted octanol–water partition coefficient (Wildman–Crippen LogP) is 1.14. The maximum absolute atomic E-state index is 5.61. The normalized spacial score (nSPS) is 18.2. The van der Waals surface area contributed by atoms with Crippen molar-refractivity contribution in [2.24, 2.45) is 5.73 Å². The smallest absolute Gasteiger partial charge is 0.0107 e. The van der Waals surface area contributed by atoms with Crippen molar-refractivity contribution >= 4 is 0 Å². The Labute approximate surface area is 94.6 Å². The quantitative estimate of drug-likeness (QED) is 0.688. The summed E-state index contributed by atoms with van der Waals surface area (Å²) in [5.41, 5.74) is 5.61. The molecule has 0 atom stereocenters. The summed E-state index contributed by atoms with van der Waals surface area (Å²) in [6.07, 6.45) is 4.09. The maximum atomic E-state index is 5.61. The van der Waals surface area contributed by atoms with Gasteiger partial charge in [-0.15, -0.1) is 0 Å². The molecule has 1 fully saturated rings. The highest BCUT2D eigenvalue weighted by Gasteiger charge is 2.12. The first kappa shape index (κ1) is 12.9. The van der Waals surface area contributed by atoms with Crippen molar-refractivity contribution in [3.63, 3.8) is 0 Å². The van der Waals surface area contributed by atoms with Crippen LogP contribution in [0.1, 0.15) is 33.1 Å². The topological polar surface area (TPSA) is 32.5 Å². The Kier molecular flexibility index (Phi) is 6.22. The van der Waals surface area contributed by atoms with E-state index in [1.807, 2.05) is 0 Å². The van der Waals surface area contributed by atoms with E-state index in [1.54, 1.807) is 0 Å². The van der Waals surface area contributed by atoms with Crippen LogP contribution in [0.25, 0.3) is 0 Å². The monoisotopic (exact) mass is 213 g/mol. The highest BCUT2D eigenvalue weighted by atomic mass is 15.2. The fraction of sp³-hybridized carbons (Fsp3) is 1.00. The SMILES string of the molecule is CC(C)N(CCN)CCCN1CCCC1. The lowest BCUT2D eigenvalue weighted by Gasteiger charge is -2.26. The van der Waals surface area contributed by atoms with Gasteiger partial charge in [0.1, 0.15) is 0 Å². The summed E-state index contributed by atoms with van der Waals surface area (Å²) in [5.74, 6) is 0. The van der Waals surface area contributed by atoms with E-state index >= 15 is 0 Å². The zero-order chi connectivity index (χ0) is 11.1. The van der Waals surface area contributed by atoms with Crippen molar-refractivity contribution < 1.29 is 0 Å². The standard InChI is InChI=1S/C12H27N3/c1-12(2)15(11-6-13)10-5-9-14-7-3-4-8-14/h12H,3-11,13H2,1-2H3. The number of likely N-dealkylation sites (tertiary alicyclic amines) is 1. The molecule has 3 heteroatoms. The molecule has 2 N–H and O–H groups in total. The second kappa shape index (κ2) is 7.20. The number of rotatable bonds is 7. The molecule has 0 aromatic carbocycles. The van der Waals surface area contributed by atoms with Crippen LogP contribution in [0.5, 0.6) is 0 Å². The van der Waals surface area contributed by atoms with Crippen molar-refractivity contribution in [3.05, 3.63) is 0 Å². The van der Waals surface area contributed by atoms with Crippen molar-refractivity contribution in [2.45, 2.75) is 39.2 Å². The molecule has 3 nitrogen and oxygen atoms in total. The Morgan fingerprint density at radius 2 is 1.87 bits per heavy atom. The highest BCUT2D eigenvalue weighted by Crippen LogP contribution is 2.08. The molecule has 1 saturated heterocycles. The van der Waals surface area contributed by atoms with Gasteiger partial charge in [0.25, 0.3) is 0 Å². The van der Waals surface area contributed by atoms with Crippen molar-refractivity contribution in [1.29, 1.82) is 0 Å². The molecule has 0 bridgehead atoms. The third kappa shape index (κ3) is 4.96. The summed E-state index contributed by atoms with van der Waals surface area (Å²) in [6, 6.07) is 0.632. The molecule has 90 valence electrons. The lowest BCUT2D eigenvalue weighted by atomic mass is 10.2. The van der Waals surface area contributed by atoms with Crippen LogP contribution in [0.4, 0.5) is 0 Å². The summed E-state index contributed by atoms with van der Waals surface area (Å²) >= 11 is 0. The van der Waals surface area contributed by atoms with E-state index in [1.165, 1.54) is 45.4 Å². The van der Waals surface area contributed by atoms with Gasteiger partial charge in [0.15, 0.2) is 0 Å². The summed E-state index contributed by atoms with van der Waals surface area (Å²) in [5, 5.41) is 0. The van der Waals surface area contributed by atoms with Gasteiger partial charge in [0.2, 0.25) is 0 Å². The van der Waals surface area contributed by atoms with E-state index < -0.39 is 0 Å². The van der Waals surface area contributed by atoms with Gasteiger partial charge < -0.3 is 10.6 Å². The molecule has 1 rings (SSSR count). The molecule has 0 aliphatic carbocycles. The average molecular weight is 213 g/mol. The third-order valence-electron chi connectivity index (χ3n) is 3.26. The minimum atomic E-state index is 0.632. The van der Waals surface area contributed by atoms with Crippen LogP contribution in [0.3, 0.4) is 0 Å². The molecule has 0 aromatic heterocycles. The highest BCUT2D eigenvalue weighted by molar-refractivity contribution is 4.68. The Morgan fingerprint density at radius 1 is 1.20 bits per heavy atom. The maximum Gasteiger partial charge on any atom is 0.0107 e. The minimum Gasteiger partial charge on any atom is -0.329 e. The van der Waals surface area contributed by atoms with E-state index in [9.17, 15) is 0 Å². The van der Waals surface area contributed by atoms with Gasteiger partial charge >= 0.3 is 0 Å². The molecule has 0 amide bonds. The summed E-state index contributed by atoms with van der Waals surface area (Å²) in [7, 11) is 0. The van der Waals surface area contributed by atoms with Gasteiger partial charge in [-0.3, -0.25) is 4.90 Å². The van der Waals surface area contributed by atoms with Crippen molar-refractivity contribution in [1.82, 2.24) is 9.80 Å². The van der Waals surface area contributed by atoms with Crippen LogP contribution in [-0.4, -0.2) is 55.1 Å². The lowest BCUT2D eigenvalue weighted by molar-refractivity contribution is 0.210. The largest absolute Gasteiger partial charge is 0.329 e. The van der Waals surface area contributed by atoms with E-state index in [4.69, 9.17) is 5.73 Å². The first-order chi connectivity index (χ1) is 7.24. The van der Waals surface area contributed by atoms with Gasteiger partial charge in [-0.2, -0.15) is 0 Å². The molecule has 0 radical (unpaired) electrons. The van der Waals surface area contributed by atoms with Gasteiger partial charge in [-0.1, -0.05) is 0 Å². The van der Waals surface area contributed by atoms with Gasteiger partial charge in [-0.05, 0) is 59.3 Å². The zero-order valence-corrected chi connectivity index (χ0v) is 10.4. The van der Waals surface area contributed by atoms with E-state index in [-0.39, 0.29) is 0 Å². The second-order valence-corrected chi connectivity index (χ2v) is 4.82. The van der Waals surface area contributed by atoms with Crippen molar-refractivity contribution in [2.75, 3.05) is 39.3 Å². The molecule has 1 aliphatic rings. The fourth-order valence-corrected chi connectivity index (χ4v) is 2.30. The fourth-order valence-electron chi connectivity index (χ4n) is 2.30. The van der Waals surface area contributed by atoms with Crippen LogP contribution in [0.15, 0.2) is 0 Å². The lowest BCUT2D eigenvalue weighted by Crippen LogP contribution is -2.37.